The minimum absolute atomic E-state index is 0.0157. The molecule has 0 aromatic heterocycles. The zero-order valence-electron chi connectivity index (χ0n) is 9.00. The van der Waals surface area contributed by atoms with E-state index in [4.69, 9.17) is 11.6 Å². The van der Waals surface area contributed by atoms with Crippen LogP contribution in [0.25, 0.3) is 0 Å². The van der Waals surface area contributed by atoms with Gasteiger partial charge in [0, 0.05) is 5.69 Å². The number of hydrogen-bond acceptors (Lipinski definition) is 2. The summed E-state index contributed by atoms with van der Waals surface area (Å²) < 4.78 is 12.9. The van der Waals surface area contributed by atoms with Crippen LogP contribution >= 0.6 is 24.2 Å². The maximum atomic E-state index is 12.9. The van der Waals surface area contributed by atoms with Gasteiger partial charge in [0.2, 0.25) is 5.91 Å². The molecule has 16 heavy (non-hydrogen) atoms. The van der Waals surface area contributed by atoms with Crippen molar-refractivity contribution >= 4 is 35.8 Å². The number of anilines is 1. The number of hydrogen-bond donors (Lipinski definition) is 2. The molecule has 88 valence electrons. The van der Waals surface area contributed by atoms with Crippen LogP contribution in [0.4, 0.5) is 10.1 Å². The normalized spacial score (nSPS) is 12.6. The molecule has 1 unspecified atom stereocenters. The quantitative estimate of drug-likeness (QED) is 0.803. The molecule has 1 amide bonds. The molecular formula is C11H13ClFNOS. The van der Waals surface area contributed by atoms with Crippen molar-refractivity contribution in [1.82, 2.24) is 0 Å². The first kappa shape index (κ1) is 13.3. The van der Waals surface area contributed by atoms with Crippen molar-refractivity contribution in [2.45, 2.75) is 19.1 Å². The third kappa shape index (κ3) is 3.39. The molecule has 0 aliphatic heterocycles. The second-order valence-corrected chi connectivity index (χ2v) is 4.77. The first-order chi connectivity index (χ1) is 7.41. The summed E-state index contributed by atoms with van der Waals surface area (Å²) in [5.74, 6) is -0.605. The van der Waals surface area contributed by atoms with E-state index in [1.165, 1.54) is 18.2 Å². The smallest absolute Gasteiger partial charge is 0.237 e. The van der Waals surface area contributed by atoms with Crippen molar-refractivity contribution in [2.24, 2.45) is 5.92 Å². The minimum atomic E-state index is -0.508. The van der Waals surface area contributed by atoms with Crippen LogP contribution in [0.2, 0.25) is 5.02 Å². The van der Waals surface area contributed by atoms with Gasteiger partial charge < -0.3 is 5.32 Å². The molecule has 0 heterocycles. The van der Waals surface area contributed by atoms with Gasteiger partial charge in [0.1, 0.15) is 5.82 Å². The van der Waals surface area contributed by atoms with Crippen molar-refractivity contribution in [1.29, 1.82) is 0 Å². The van der Waals surface area contributed by atoms with Crippen LogP contribution in [0.1, 0.15) is 13.8 Å². The van der Waals surface area contributed by atoms with Gasteiger partial charge in [-0.05, 0) is 24.1 Å². The molecule has 0 aliphatic rings. The van der Waals surface area contributed by atoms with E-state index in [1.54, 1.807) is 0 Å². The van der Waals surface area contributed by atoms with E-state index in [1.807, 2.05) is 13.8 Å². The van der Waals surface area contributed by atoms with Crippen LogP contribution in [0.5, 0.6) is 0 Å². The van der Waals surface area contributed by atoms with Crippen molar-refractivity contribution in [3.05, 3.63) is 29.0 Å². The third-order valence-electron chi connectivity index (χ3n) is 2.09. The highest BCUT2D eigenvalue weighted by Crippen LogP contribution is 2.20. The summed E-state index contributed by atoms with van der Waals surface area (Å²) in [5.41, 5.74) is 0.469. The Labute approximate surface area is 105 Å². The average molecular weight is 262 g/mol. The molecule has 0 saturated carbocycles. The average Bonchev–Trinajstić information content (AvgIpc) is 2.22. The van der Waals surface area contributed by atoms with Crippen LogP contribution in [-0.4, -0.2) is 11.2 Å². The number of carbonyl (C=O) groups is 1. The van der Waals surface area contributed by atoms with Gasteiger partial charge in [-0.3, -0.25) is 4.79 Å². The molecule has 1 atom stereocenters. The fourth-order valence-corrected chi connectivity index (χ4v) is 1.34. The molecule has 2 nitrogen and oxygen atoms in total. The fraction of sp³-hybridized carbons (Fsp3) is 0.364. The first-order valence-electron chi connectivity index (χ1n) is 4.86. The summed E-state index contributed by atoms with van der Waals surface area (Å²) >= 11 is 9.77. The van der Waals surface area contributed by atoms with Crippen LogP contribution in [0.3, 0.4) is 0 Å². The Balaban J connectivity index is 2.74. The molecule has 1 aromatic carbocycles. The van der Waals surface area contributed by atoms with E-state index in [9.17, 15) is 9.18 Å². The standard InChI is InChI=1S/C11H13ClFNOS/c1-6(2)10(16)11(15)14-7-3-4-9(13)8(12)5-7/h3-6,10,16H,1-2H3,(H,14,15). The summed E-state index contributed by atoms with van der Waals surface area (Å²) in [4.78, 5) is 11.6. The van der Waals surface area contributed by atoms with Crippen LogP contribution < -0.4 is 5.32 Å². The molecule has 0 radical (unpaired) electrons. The SMILES string of the molecule is CC(C)C(S)C(=O)Nc1ccc(F)c(Cl)c1. The van der Waals surface area contributed by atoms with Gasteiger partial charge in [-0.2, -0.15) is 12.6 Å². The van der Waals surface area contributed by atoms with Crippen molar-refractivity contribution in [2.75, 3.05) is 5.32 Å². The summed E-state index contributed by atoms with van der Waals surface area (Å²) in [6.07, 6.45) is 0. The van der Waals surface area contributed by atoms with E-state index < -0.39 is 11.1 Å². The molecule has 0 bridgehead atoms. The van der Waals surface area contributed by atoms with Crippen LogP contribution in [0, 0.1) is 11.7 Å². The highest BCUT2D eigenvalue weighted by molar-refractivity contribution is 7.81. The van der Waals surface area contributed by atoms with E-state index in [0.29, 0.717) is 5.69 Å². The third-order valence-corrected chi connectivity index (χ3v) is 3.21. The fourth-order valence-electron chi connectivity index (χ4n) is 1.09. The Morgan fingerprint density at radius 1 is 1.50 bits per heavy atom. The Morgan fingerprint density at radius 3 is 2.62 bits per heavy atom. The Morgan fingerprint density at radius 2 is 2.12 bits per heavy atom. The van der Waals surface area contributed by atoms with Gasteiger partial charge in [0.25, 0.3) is 0 Å². The van der Waals surface area contributed by atoms with Crippen LogP contribution in [-0.2, 0) is 4.79 Å². The lowest BCUT2D eigenvalue weighted by atomic mass is 10.1. The topological polar surface area (TPSA) is 29.1 Å². The summed E-state index contributed by atoms with van der Waals surface area (Å²) in [5, 5.41) is 2.21. The second kappa shape index (κ2) is 5.55. The maximum Gasteiger partial charge on any atom is 0.237 e. The van der Waals surface area contributed by atoms with Gasteiger partial charge in [0.05, 0.1) is 10.3 Å². The van der Waals surface area contributed by atoms with Crippen molar-refractivity contribution in [3.63, 3.8) is 0 Å². The van der Waals surface area contributed by atoms with E-state index in [2.05, 4.69) is 17.9 Å². The maximum absolute atomic E-state index is 12.9. The number of rotatable bonds is 3. The van der Waals surface area contributed by atoms with Gasteiger partial charge in [-0.15, -0.1) is 0 Å². The second-order valence-electron chi connectivity index (χ2n) is 3.81. The highest BCUT2D eigenvalue weighted by atomic mass is 35.5. The largest absolute Gasteiger partial charge is 0.325 e. The molecule has 1 N–H and O–H groups in total. The number of amides is 1. The first-order valence-corrected chi connectivity index (χ1v) is 5.75. The number of carbonyl (C=O) groups excluding carboxylic acids is 1. The zero-order chi connectivity index (χ0) is 12.3. The lowest BCUT2D eigenvalue weighted by Gasteiger charge is -2.14. The summed E-state index contributed by atoms with van der Waals surface area (Å²) in [6, 6.07) is 4.04. The molecule has 0 spiro atoms. The van der Waals surface area contributed by atoms with Crippen molar-refractivity contribution < 1.29 is 9.18 Å². The summed E-state index contributed by atoms with van der Waals surface area (Å²) in [6.45, 7) is 3.80. The number of thiol groups is 1. The van der Waals surface area contributed by atoms with Gasteiger partial charge in [-0.1, -0.05) is 25.4 Å². The highest BCUT2D eigenvalue weighted by Gasteiger charge is 2.17. The molecule has 5 heteroatoms. The van der Waals surface area contributed by atoms with Crippen LogP contribution in [0.15, 0.2) is 18.2 Å². The molecule has 0 saturated heterocycles. The minimum Gasteiger partial charge on any atom is -0.325 e. The van der Waals surface area contributed by atoms with Gasteiger partial charge in [-0.25, -0.2) is 4.39 Å². The predicted octanol–water partition coefficient (Wildman–Crippen LogP) is 3.37. The monoisotopic (exact) mass is 261 g/mol. The Hall–Kier alpha value is -0.740. The lowest BCUT2D eigenvalue weighted by molar-refractivity contribution is -0.116. The van der Waals surface area contributed by atoms with E-state index in [0.717, 1.165) is 0 Å². The molecule has 0 aliphatic carbocycles. The Kier molecular flexibility index (Phi) is 4.62. The number of benzene rings is 1. The number of nitrogens with one attached hydrogen (secondary N) is 1. The lowest BCUT2D eigenvalue weighted by Crippen LogP contribution is -2.27. The predicted molar refractivity (Wildman–Crippen MR) is 67.7 cm³/mol. The van der Waals surface area contributed by atoms with Crippen molar-refractivity contribution in [3.8, 4) is 0 Å². The van der Waals surface area contributed by atoms with Gasteiger partial charge in [0.15, 0.2) is 0 Å². The molecule has 1 rings (SSSR count). The van der Waals surface area contributed by atoms with Gasteiger partial charge >= 0.3 is 0 Å². The molecular weight excluding hydrogens is 249 g/mol. The number of halogens is 2. The Bertz CT molecular complexity index is 398. The molecule has 1 aromatic rings. The van der Waals surface area contributed by atoms with E-state index in [-0.39, 0.29) is 16.8 Å². The summed E-state index contributed by atoms with van der Waals surface area (Å²) in [7, 11) is 0. The van der Waals surface area contributed by atoms with E-state index >= 15 is 0 Å². The zero-order valence-corrected chi connectivity index (χ0v) is 10.6. The molecule has 0 fully saturated rings.